The average Bonchev–Trinajstić information content (AvgIpc) is 2.42. The van der Waals surface area contributed by atoms with E-state index in [4.69, 9.17) is 14.2 Å². The van der Waals surface area contributed by atoms with Gasteiger partial charge in [-0.05, 0) is 19.1 Å². The molecule has 1 aliphatic heterocycles. The van der Waals surface area contributed by atoms with Crippen LogP contribution in [-0.2, 0) is 19.0 Å². The third kappa shape index (κ3) is 3.98. The number of carbonyl (C=O) groups is 1. The molecule has 2 rings (SSSR count). The summed E-state index contributed by atoms with van der Waals surface area (Å²) in [6, 6.07) is 10.1. The van der Waals surface area contributed by atoms with Crippen LogP contribution in [0, 0.1) is 0 Å². The molecule has 0 aliphatic carbocycles. The fraction of sp³-hybridized carbons (Fsp3) is 0.533. The van der Waals surface area contributed by atoms with Crippen molar-refractivity contribution in [3.63, 3.8) is 0 Å². The van der Waals surface area contributed by atoms with Gasteiger partial charge in [-0.25, -0.2) is 0 Å². The number of carbonyl (C=O) groups excluding carboxylic acids is 1. The van der Waals surface area contributed by atoms with Crippen molar-refractivity contribution in [2.24, 2.45) is 0 Å². The molecule has 0 radical (unpaired) electrons. The highest BCUT2D eigenvalue weighted by Crippen LogP contribution is 2.34. The molecular formula is C15H20O4S. The van der Waals surface area contributed by atoms with Crippen molar-refractivity contribution in [2.75, 3.05) is 7.11 Å². The van der Waals surface area contributed by atoms with E-state index in [1.807, 2.05) is 25.1 Å². The van der Waals surface area contributed by atoms with E-state index in [-0.39, 0.29) is 29.7 Å². The second-order valence-corrected chi connectivity index (χ2v) is 6.02. The fourth-order valence-corrected chi connectivity index (χ4v) is 3.45. The second-order valence-electron chi connectivity index (χ2n) is 4.79. The summed E-state index contributed by atoms with van der Waals surface area (Å²) in [6.45, 7) is 3.32. The molecule has 4 nitrogen and oxygen atoms in total. The number of methoxy groups -OCH3 is 1. The summed E-state index contributed by atoms with van der Waals surface area (Å²) < 4.78 is 16.7. The van der Waals surface area contributed by atoms with Crippen LogP contribution >= 0.6 is 11.8 Å². The Morgan fingerprint density at radius 1 is 1.35 bits per heavy atom. The molecule has 1 aromatic rings. The largest absolute Gasteiger partial charge is 0.457 e. The molecule has 0 bridgehead atoms. The minimum Gasteiger partial charge on any atom is -0.457 e. The van der Waals surface area contributed by atoms with Gasteiger partial charge in [0.05, 0.1) is 12.2 Å². The minimum absolute atomic E-state index is 0.00385. The van der Waals surface area contributed by atoms with Gasteiger partial charge in [0.25, 0.3) is 0 Å². The molecule has 0 amide bonds. The Labute approximate surface area is 123 Å². The van der Waals surface area contributed by atoms with Crippen LogP contribution in [-0.4, -0.2) is 36.8 Å². The zero-order chi connectivity index (χ0) is 14.5. The zero-order valence-electron chi connectivity index (χ0n) is 11.9. The molecule has 1 aromatic carbocycles. The van der Waals surface area contributed by atoms with E-state index in [0.717, 1.165) is 4.90 Å². The van der Waals surface area contributed by atoms with Gasteiger partial charge in [-0.2, -0.15) is 0 Å². The van der Waals surface area contributed by atoms with Crippen LogP contribution < -0.4 is 0 Å². The van der Waals surface area contributed by atoms with Gasteiger partial charge in [-0.3, -0.25) is 4.79 Å². The van der Waals surface area contributed by atoms with Gasteiger partial charge in [-0.1, -0.05) is 30.0 Å². The van der Waals surface area contributed by atoms with Crippen molar-refractivity contribution >= 4 is 17.7 Å². The van der Waals surface area contributed by atoms with Crippen LogP contribution in [0.5, 0.6) is 0 Å². The summed E-state index contributed by atoms with van der Waals surface area (Å²) in [5, 5.41) is 0. The third-order valence-corrected chi connectivity index (χ3v) is 4.35. The molecular weight excluding hydrogens is 276 g/mol. The summed E-state index contributed by atoms with van der Waals surface area (Å²) in [4.78, 5) is 12.3. The summed E-state index contributed by atoms with van der Waals surface area (Å²) in [6.07, 6.45) is 0.0334. The Morgan fingerprint density at radius 3 is 2.65 bits per heavy atom. The number of benzene rings is 1. The number of esters is 1. The van der Waals surface area contributed by atoms with E-state index in [0.29, 0.717) is 6.42 Å². The molecule has 1 saturated heterocycles. The number of thioether (sulfide) groups is 1. The number of hydrogen-bond acceptors (Lipinski definition) is 5. The summed E-state index contributed by atoms with van der Waals surface area (Å²) in [5.74, 6) is -0.304. The van der Waals surface area contributed by atoms with Crippen LogP contribution in [0.4, 0.5) is 0 Å². The Balaban J connectivity index is 2.00. The Hall–Kier alpha value is -1.04. The van der Waals surface area contributed by atoms with Crippen LogP contribution in [0.2, 0.25) is 0 Å². The maximum atomic E-state index is 11.2. The van der Waals surface area contributed by atoms with E-state index in [2.05, 4.69) is 12.1 Å². The minimum atomic E-state index is -0.342. The topological polar surface area (TPSA) is 44.8 Å². The van der Waals surface area contributed by atoms with Crippen molar-refractivity contribution in [1.29, 1.82) is 0 Å². The Kier molecular flexibility index (Phi) is 5.46. The third-order valence-electron chi connectivity index (χ3n) is 3.24. The van der Waals surface area contributed by atoms with E-state index < -0.39 is 0 Å². The molecule has 20 heavy (non-hydrogen) atoms. The van der Waals surface area contributed by atoms with Gasteiger partial charge in [0.15, 0.2) is 6.10 Å². The molecule has 1 fully saturated rings. The maximum absolute atomic E-state index is 11.2. The van der Waals surface area contributed by atoms with Gasteiger partial charge >= 0.3 is 5.97 Å². The van der Waals surface area contributed by atoms with Crippen LogP contribution in [0.25, 0.3) is 0 Å². The van der Waals surface area contributed by atoms with Gasteiger partial charge in [0, 0.05) is 25.3 Å². The second kappa shape index (κ2) is 7.11. The quantitative estimate of drug-likeness (QED) is 0.799. The first-order valence-electron chi connectivity index (χ1n) is 6.67. The predicted octanol–water partition coefficient (Wildman–Crippen LogP) is 2.86. The van der Waals surface area contributed by atoms with E-state index in [9.17, 15) is 4.79 Å². The Morgan fingerprint density at radius 2 is 2.05 bits per heavy atom. The first-order chi connectivity index (χ1) is 9.60. The van der Waals surface area contributed by atoms with Crippen LogP contribution in [0.15, 0.2) is 35.2 Å². The lowest BCUT2D eigenvalue weighted by Crippen LogP contribution is -2.49. The van der Waals surface area contributed by atoms with Gasteiger partial charge < -0.3 is 14.2 Å². The van der Waals surface area contributed by atoms with E-state index in [1.54, 1.807) is 18.9 Å². The van der Waals surface area contributed by atoms with Gasteiger partial charge in [0.1, 0.15) is 5.44 Å². The molecule has 4 unspecified atom stereocenters. The molecule has 0 spiro atoms. The van der Waals surface area contributed by atoms with E-state index >= 15 is 0 Å². The standard InChI is InChI=1S/C15H20O4S/c1-10-15(19-11(2)16)13(17-3)9-14(18-10)20-12-7-5-4-6-8-12/h4-8,10,13-15H,9H2,1-3H3. The zero-order valence-corrected chi connectivity index (χ0v) is 12.8. The maximum Gasteiger partial charge on any atom is 0.303 e. The molecule has 5 heteroatoms. The van der Waals surface area contributed by atoms with Crippen molar-refractivity contribution < 1.29 is 19.0 Å². The average molecular weight is 296 g/mol. The highest BCUT2D eigenvalue weighted by Gasteiger charge is 2.39. The number of rotatable bonds is 4. The summed E-state index contributed by atoms with van der Waals surface area (Å²) in [7, 11) is 1.64. The van der Waals surface area contributed by atoms with Crippen LogP contribution in [0.3, 0.4) is 0 Å². The van der Waals surface area contributed by atoms with E-state index in [1.165, 1.54) is 6.92 Å². The first-order valence-corrected chi connectivity index (χ1v) is 7.55. The highest BCUT2D eigenvalue weighted by atomic mass is 32.2. The van der Waals surface area contributed by atoms with Crippen LogP contribution in [0.1, 0.15) is 20.3 Å². The van der Waals surface area contributed by atoms with Crippen molar-refractivity contribution in [2.45, 2.75) is 48.9 Å². The molecule has 1 aliphatic rings. The van der Waals surface area contributed by atoms with Crippen molar-refractivity contribution in [3.8, 4) is 0 Å². The normalized spacial score (nSPS) is 29.9. The predicted molar refractivity (Wildman–Crippen MR) is 77.6 cm³/mol. The molecule has 0 saturated carbocycles. The molecule has 1 heterocycles. The summed E-state index contributed by atoms with van der Waals surface area (Å²) in [5.41, 5.74) is 0.00385. The lowest BCUT2D eigenvalue weighted by Gasteiger charge is -2.38. The van der Waals surface area contributed by atoms with Gasteiger partial charge in [0.2, 0.25) is 0 Å². The van der Waals surface area contributed by atoms with Gasteiger partial charge in [-0.15, -0.1) is 0 Å². The first kappa shape index (κ1) is 15.4. The number of hydrogen-bond donors (Lipinski definition) is 0. The monoisotopic (exact) mass is 296 g/mol. The summed E-state index contributed by atoms with van der Waals surface area (Å²) >= 11 is 1.67. The fourth-order valence-electron chi connectivity index (χ4n) is 2.32. The molecule has 110 valence electrons. The molecule has 0 N–H and O–H groups in total. The Bertz CT molecular complexity index is 437. The molecule has 0 aromatic heterocycles. The van der Waals surface area contributed by atoms with Crippen molar-refractivity contribution in [3.05, 3.63) is 30.3 Å². The smallest absolute Gasteiger partial charge is 0.303 e. The van der Waals surface area contributed by atoms with Crippen molar-refractivity contribution in [1.82, 2.24) is 0 Å². The molecule has 4 atom stereocenters. The highest BCUT2D eigenvalue weighted by molar-refractivity contribution is 7.99. The number of ether oxygens (including phenoxy) is 3. The lowest BCUT2D eigenvalue weighted by molar-refractivity contribution is -0.185. The lowest BCUT2D eigenvalue weighted by atomic mass is 10.0. The SMILES string of the molecule is COC1CC(Sc2ccccc2)OC(C)C1OC(C)=O.